The lowest BCUT2D eigenvalue weighted by Crippen LogP contribution is -2.37. The van der Waals surface area contributed by atoms with Crippen LogP contribution in [0.1, 0.15) is 18.1 Å². The highest BCUT2D eigenvalue weighted by Crippen LogP contribution is 2.13. The second-order valence-electron chi connectivity index (χ2n) is 5.78. The average Bonchev–Trinajstić information content (AvgIpc) is 2.58. The molecule has 2 unspecified atom stereocenters. The first kappa shape index (κ1) is 17.8. The summed E-state index contributed by atoms with van der Waals surface area (Å²) in [5.74, 6) is 0.886. The summed E-state index contributed by atoms with van der Waals surface area (Å²) >= 11 is 0. The van der Waals surface area contributed by atoms with Crippen molar-refractivity contribution in [2.75, 3.05) is 13.2 Å². The van der Waals surface area contributed by atoms with Crippen molar-refractivity contribution in [2.45, 2.75) is 25.5 Å². The molecule has 24 heavy (non-hydrogen) atoms. The molecule has 0 saturated heterocycles. The number of hydrogen-bond acceptors (Lipinski definition) is 5. The van der Waals surface area contributed by atoms with Crippen LogP contribution in [0.3, 0.4) is 0 Å². The van der Waals surface area contributed by atoms with Crippen molar-refractivity contribution in [1.29, 1.82) is 5.26 Å². The molecule has 5 heteroatoms. The molecule has 2 aromatic carbocycles. The minimum Gasteiger partial charge on any atom is -0.508 e. The first-order chi connectivity index (χ1) is 11.6. The van der Waals surface area contributed by atoms with Gasteiger partial charge in [0.25, 0.3) is 0 Å². The molecule has 0 aliphatic heterocycles. The number of nitrogens with zero attached hydrogens (tertiary/aromatic N) is 1. The lowest BCUT2D eigenvalue weighted by Gasteiger charge is -2.18. The van der Waals surface area contributed by atoms with Gasteiger partial charge in [-0.25, -0.2) is 0 Å². The molecule has 0 aliphatic carbocycles. The highest BCUT2D eigenvalue weighted by Gasteiger charge is 2.09. The lowest BCUT2D eigenvalue weighted by molar-refractivity contribution is 0.104. The summed E-state index contributed by atoms with van der Waals surface area (Å²) in [7, 11) is 0. The van der Waals surface area contributed by atoms with Crippen LogP contribution in [0, 0.1) is 11.3 Å². The number of aliphatic hydroxyl groups is 1. The zero-order valence-corrected chi connectivity index (χ0v) is 13.6. The average molecular weight is 326 g/mol. The van der Waals surface area contributed by atoms with Crippen molar-refractivity contribution in [2.24, 2.45) is 0 Å². The Kier molecular flexibility index (Phi) is 6.62. The van der Waals surface area contributed by atoms with Crippen LogP contribution in [-0.2, 0) is 6.42 Å². The maximum atomic E-state index is 9.99. The summed E-state index contributed by atoms with van der Waals surface area (Å²) in [4.78, 5) is 0. The first-order valence-corrected chi connectivity index (χ1v) is 7.89. The number of ether oxygens (including phenoxy) is 1. The van der Waals surface area contributed by atoms with E-state index in [0.29, 0.717) is 17.9 Å². The number of phenolic OH excluding ortho intramolecular Hbond substituents is 1. The largest absolute Gasteiger partial charge is 0.508 e. The van der Waals surface area contributed by atoms with E-state index in [1.807, 2.05) is 25.1 Å². The second-order valence-corrected chi connectivity index (χ2v) is 5.78. The van der Waals surface area contributed by atoms with E-state index in [4.69, 9.17) is 10.00 Å². The van der Waals surface area contributed by atoms with E-state index in [9.17, 15) is 10.2 Å². The minimum atomic E-state index is -0.632. The third-order valence-electron chi connectivity index (χ3n) is 3.58. The number of nitrogens with one attached hydrogen (secondary N) is 1. The van der Waals surface area contributed by atoms with Gasteiger partial charge in [-0.2, -0.15) is 5.26 Å². The Morgan fingerprint density at radius 1 is 1.21 bits per heavy atom. The zero-order chi connectivity index (χ0) is 17.4. The number of rotatable bonds is 8. The summed E-state index contributed by atoms with van der Waals surface area (Å²) in [6.07, 6.45) is 0.129. The molecular weight excluding hydrogens is 304 g/mol. The van der Waals surface area contributed by atoms with Gasteiger partial charge in [0.2, 0.25) is 0 Å². The summed E-state index contributed by atoms with van der Waals surface area (Å²) < 4.78 is 5.50. The maximum Gasteiger partial charge on any atom is 0.119 e. The van der Waals surface area contributed by atoms with Gasteiger partial charge in [0.1, 0.15) is 24.2 Å². The van der Waals surface area contributed by atoms with Gasteiger partial charge < -0.3 is 20.3 Å². The number of benzene rings is 2. The van der Waals surface area contributed by atoms with Gasteiger partial charge in [-0.3, -0.25) is 0 Å². The number of hydrogen-bond donors (Lipinski definition) is 3. The molecule has 5 nitrogen and oxygen atoms in total. The first-order valence-electron chi connectivity index (χ1n) is 7.89. The Bertz CT molecular complexity index is 680. The van der Waals surface area contributed by atoms with Gasteiger partial charge in [-0.05, 0) is 55.3 Å². The van der Waals surface area contributed by atoms with Gasteiger partial charge >= 0.3 is 0 Å². The fourth-order valence-electron chi connectivity index (χ4n) is 2.32. The van der Waals surface area contributed by atoms with Gasteiger partial charge in [0.15, 0.2) is 0 Å². The molecule has 0 saturated carbocycles. The minimum absolute atomic E-state index is 0.163. The lowest BCUT2D eigenvalue weighted by atomic mass is 10.1. The molecular formula is C19H22N2O3. The predicted molar refractivity (Wildman–Crippen MR) is 91.9 cm³/mol. The van der Waals surface area contributed by atoms with Crippen LogP contribution >= 0.6 is 0 Å². The summed E-state index contributed by atoms with van der Waals surface area (Å²) in [5, 5.41) is 31.4. The molecule has 2 aromatic rings. The van der Waals surface area contributed by atoms with Crippen molar-refractivity contribution in [3.05, 3.63) is 59.7 Å². The van der Waals surface area contributed by atoms with Gasteiger partial charge in [-0.1, -0.05) is 12.1 Å². The Labute approximate surface area is 142 Å². The van der Waals surface area contributed by atoms with Crippen molar-refractivity contribution in [1.82, 2.24) is 5.32 Å². The molecule has 3 N–H and O–H groups in total. The molecule has 0 fully saturated rings. The zero-order valence-electron chi connectivity index (χ0n) is 13.6. The predicted octanol–water partition coefficient (Wildman–Crippen LogP) is 2.22. The van der Waals surface area contributed by atoms with Crippen molar-refractivity contribution >= 4 is 0 Å². The Morgan fingerprint density at radius 2 is 1.96 bits per heavy atom. The highest BCUT2D eigenvalue weighted by atomic mass is 16.5. The SMILES string of the molecule is CC(Cc1cccc(O)c1)NCC(O)COc1ccc(C#N)cc1. The molecule has 0 amide bonds. The number of aromatic hydroxyl groups is 1. The van der Waals surface area contributed by atoms with Crippen molar-refractivity contribution < 1.29 is 14.9 Å². The van der Waals surface area contributed by atoms with Crippen LogP contribution in [0.15, 0.2) is 48.5 Å². The van der Waals surface area contributed by atoms with Crippen LogP contribution in [0.2, 0.25) is 0 Å². The maximum absolute atomic E-state index is 9.99. The van der Waals surface area contributed by atoms with Gasteiger partial charge in [-0.15, -0.1) is 0 Å². The van der Waals surface area contributed by atoms with Crippen molar-refractivity contribution in [3.63, 3.8) is 0 Å². The van der Waals surface area contributed by atoms with Gasteiger partial charge in [0.05, 0.1) is 11.6 Å². The van der Waals surface area contributed by atoms with E-state index in [0.717, 1.165) is 12.0 Å². The van der Waals surface area contributed by atoms with E-state index in [1.165, 1.54) is 0 Å². The number of nitriles is 1. The third-order valence-corrected chi connectivity index (χ3v) is 3.58. The smallest absolute Gasteiger partial charge is 0.119 e. The number of aliphatic hydroxyl groups excluding tert-OH is 1. The van der Waals surface area contributed by atoms with E-state index in [-0.39, 0.29) is 18.4 Å². The standard InChI is InChI=1S/C19H22N2O3/c1-14(9-16-3-2-4-17(22)10-16)21-12-18(23)13-24-19-7-5-15(11-20)6-8-19/h2-8,10,14,18,21-23H,9,12-13H2,1H3. The van der Waals surface area contributed by atoms with E-state index in [2.05, 4.69) is 5.32 Å². The molecule has 126 valence electrons. The van der Waals surface area contributed by atoms with E-state index >= 15 is 0 Å². The topological polar surface area (TPSA) is 85.5 Å². The summed E-state index contributed by atoms with van der Waals surface area (Å²) in [6, 6.07) is 16.1. The van der Waals surface area contributed by atoms with Crippen LogP contribution < -0.4 is 10.1 Å². The Hall–Kier alpha value is -2.55. The molecule has 2 rings (SSSR count). The van der Waals surface area contributed by atoms with Crippen LogP contribution in [-0.4, -0.2) is 35.5 Å². The molecule has 0 spiro atoms. The molecule has 0 radical (unpaired) electrons. The molecule has 2 atom stereocenters. The molecule has 0 aromatic heterocycles. The van der Waals surface area contributed by atoms with Crippen LogP contribution in [0.5, 0.6) is 11.5 Å². The Morgan fingerprint density at radius 3 is 2.62 bits per heavy atom. The van der Waals surface area contributed by atoms with E-state index in [1.54, 1.807) is 36.4 Å². The molecule has 0 bridgehead atoms. The summed E-state index contributed by atoms with van der Waals surface area (Å²) in [5.41, 5.74) is 1.61. The van der Waals surface area contributed by atoms with Crippen molar-refractivity contribution in [3.8, 4) is 17.6 Å². The monoisotopic (exact) mass is 326 g/mol. The third kappa shape index (κ3) is 5.92. The normalized spacial score (nSPS) is 13.0. The fourth-order valence-corrected chi connectivity index (χ4v) is 2.32. The van der Waals surface area contributed by atoms with Gasteiger partial charge in [0, 0.05) is 12.6 Å². The Balaban J connectivity index is 1.70. The second kappa shape index (κ2) is 8.92. The van der Waals surface area contributed by atoms with E-state index < -0.39 is 6.10 Å². The van der Waals surface area contributed by atoms with Crippen LogP contribution in [0.25, 0.3) is 0 Å². The molecule has 0 heterocycles. The number of phenols is 1. The highest BCUT2D eigenvalue weighted by molar-refractivity contribution is 5.34. The summed E-state index contributed by atoms with van der Waals surface area (Å²) in [6.45, 7) is 2.62. The van der Waals surface area contributed by atoms with Crippen LogP contribution in [0.4, 0.5) is 0 Å². The fraction of sp³-hybridized carbons (Fsp3) is 0.316. The molecule has 0 aliphatic rings. The quantitative estimate of drug-likeness (QED) is 0.692.